The smallest absolute Gasteiger partial charge is 0.0346 e. The molecule has 2 rings (SSSR count). The second kappa shape index (κ2) is 2.49. The number of rotatable bonds is 0. The van der Waals surface area contributed by atoms with Crippen LogP contribution in [-0.4, -0.2) is 0 Å². The van der Waals surface area contributed by atoms with Crippen molar-refractivity contribution in [2.45, 2.75) is 25.8 Å². The topological polar surface area (TPSA) is 52.0 Å². The summed E-state index contributed by atoms with van der Waals surface area (Å²) < 4.78 is 0. The van der Waals surface area contributed by atoms with Crippen molar-refractivity contribution in [3.8, 4) is 0 Å². The molecule has 0 saturated heterocycles. The van der Waals surface area contributed by atoms with E-state index in [1.807, 2.05) is 6.07 Å². The molecule has 0 unspecified atom stereocenters. The van der Waals surface area contributed by atoms with E-state index in [2.05, 4.69) is 13.0 Å². The molecule has 0 bridgehead atoms. The fourth-order valence-corrected chi connectivity index (χ4v) is 1.93. The van der Waals surface area contributed by atoms with Crippen LogP contribution in [0, 0.1) is 6.92 Å². The van der Waals surface area contributed by atoms with Crippen LogP contribution >= 0.6 is 0 Å². The van der Waals surface area contributed by atoms with Crippen LogP contribution in [0.5, 0.6) is 0 Å². The summed E-state index contributed by atoms with van der Waals surface area (Å²) in [6.45, 7) is 2.08. The lowest BCUT2D eigenvalue weighted by atomic mass is 10.0. The molecule has 2 nitrogen and oxygen atoms in total. The van der Waals surface area contributed by atoms with E-state index < -0.39 is 0 Å². The minimum absolute atomic E-state index is 0.235. The predicted molar refractivity (Wildman–Crippen MR) is 50.8 cm³/mol. The Kier molecular flexibility index (Phi) is 1.58. The molecule has 1 aromatic carbocycles. The maximum Gasteiger partial charge on any atom is 0.0346 e. The Morgan fingerprint density at radius 3 is 2.92 bits per heavy atom. The summed E-state index contributed by atoms with van der Waals surface area (Å²) in [4.78, 5) is 0. The van der Waals surface area contributed by atoms with Crippen molar-refractivity contribution in [2.24, 2.45) is 5.73 Å². The van der Waals surface area contributed by atoms with Crippen molar-refractivity contribution >= 4 is 5.69 Å². The first-order valence-electron chi connectivity index (χ1n) is 4.33. The van der Waals surface area contributed by atoms with Crippen LogP contribution in [0.15, 0.2) is 12.1 Å². The molecular formula is C10H14N2. The maximum atomic E-state index is 5.92. The molecule has 1 atom stereocenters. The first-order chi connectivity index (χ1) is 5.70. The van der Waals surface area contributed by atoms with Gasteiger partial charge in [-0.15, -0.1) is 0 Å². The second-order valence-electron chi connectivity index (χ2n) is 3.49. The standard InChI is InChI=1S/C10H14N2/c1-6-7-2-5-10(12)8(7)3-4-9(6)11/h3-4,10H,2,5,11-12H2,1H3/t10-/m0/s1. The number of anilines is 1. The highest BCUT2D eigenvalue weighted by Crippen LogP contribution is 2.33. The highest BCUT2D eigenvalue weighted by molar-refractivity contribution is 5.55. The van der Waals surface area contributed by atoms with Gasteiger partial charge in [-0.05, 0) is 42.5 Å². The summed E-state index contributed by atoms with van der Waals surface area (Å²) in [6, 6.07) is 4.26. The average molecular weight is 162 g/mol. The zero-order valence-corrected chi connectivity index (χ0v) is 7.30. The van der Waals surface area contributed by atoms with Crippen molar-refractivity contribution in [1.82, 2.24) is 0 Å². The molecule has 12 heavy (non-hydrogen) atoms. The van der Waals surface area contributed by atoms with Crippen LogP contribution in [0.3, 0.4) is 0 Å². The van der Waals surface area contributed by atoms with Gasteiger partial charge in [0, 0.05) is 11.7 Å². The van der Waals surface area contributed by atoms with Crippen molar-refractivity contribution < 1.29 is 0 Å². The molecule has 1 aliphatic rings. The molecule has 0 spiro atoms. The van der Waals surface area contributed by atoms with Gasteiger partial charge in [0.05, 0.1) is 0 Å². The van der Waals surface area contributed by atoms with E-state index in [4.69, 9.17) is 11.5 Å². The van der Waals surface area contributed by atoms with Crippen LogP contribution in [0.4, 0.5) is 5.69 Å². The van der Waals surface area contributed by atoms with Gasteiger partial charge < -0.3 is 11.5 Å². The largest absolute Gasteiger partial charge is 0.399 e. The maximum absolute atomic E-state index is 5.92. The Balaban J connectivity index is 2.60. The number of nitrogens with two attached hydrogens (primary N) is 2. The molecule has 2 heteroatoms. The molecule has 0 aliphatic heterocycles. The van der Waals surface area contributed by atoms with Crippen molar-refractivity contribution in [2.75, 3.05) is 5.73 Å². The number of benzene rings is 1. The third-order valence-electron chi connectivity index (χ3n) is 2.78. The average Bonchev–Trinajstić information content (AvgIpc) is 2.41. The predicted octanol–water partition coefficient (Wildman–Crippen LogP) is 1.52. The van der Waals surface area contributed by atoms with E-state index in [1.165, 1.54) is 16.7 Å². The minimum atomic E-state index is 0.235. The molecule has 0 radical (unpaired) electrons. The fraction of sp³-hybridized carbons (Fsp3) is 0.400. The van der Waals surface area contributed by atoms with Gasteiger partial charge >= 0.3 is 0 Å². The van der Waals surface area contributed by atoms with E-state index in [9.17, 15) is 0 Å². The quantitative estimate of drug-likeness (QED) is 0.568. The first kappa shape index (κ1) is 7.62. The van der Waals surface area contributed by atoms with Crippen LogP contribution in [0.25, 0.3) is 0 Å². The molecule has 0 heterocycles. The molecule has 0 fully saturated rings. The Hall–Kier alpha value is -1.02. The van der Waals surface area contributed by atoms with Crippen molar-refractivity contribution in [3.63, 3.8) is 0 Å². The van der Waals surface area contributed by atoms with Gasteiger partial charge in [0.15, 0.2) is 0 Å². The monoisotopic (exact) mass is 162 g/mol. The minimum Gasteiger partial charge on any atom is -0.399 e. The summed E-state index contributed by atoms with van der Waals surface area (Å²) in [6.07, 6.45) is 2.16. The summed E-state index contributed by atoms with van der Waals surface area (Å²) in [5.74, 6) is 0. The van der Waals surface area contributed by atoms with Crippen LogP contribution in [-0.2, 0) is 6.42 Å². The van der Waals surface area contributed by atoms with Gasteiger partial charge in [-0.2, -0.15) is 0 Å². The lowest BCUT2D eigenvalue weighted by molar-refractivity contribution is 0.713. The summed E-state index contributed by atoms with van der Waals surface area (Å²) in [5.41, 5.74) is 16.5. The number of hydrogen-bond acceptors (Lipinski definition) is 2. The zero-order chi connectivity index (χ0) is 8.72. The van der Waals surface area contributed by atoms with Crippen molar-refractivity contribution in [3.05, 3.63) is 28.8 Å². The number of hydrogen-bond donors (Lipinski definition) is 2. The molecule has 0 amide bonds. The molecule has 1 aromatic rings. The van der Waals surface area contributed by atoms with Crippen LogP contribution in [0.2, 0.25) is 0 Å². The summed E-state index contributed by atoms with van der Waals surface area (Å²) in [7, 11) is 0. The van der Waals surface area contributed by atoms with E-state index in [1.54, 1.807) is 0 Å². The van der Waals surface area contributed by atoms with E-state index in [0.29, 0.717) is 0 Å². The van der Waals surface area contributed by atoms with Gasteiger partial charge in [0.25, 0.3) is 0 Å². The lowest BCUT2D eigenvalue weighted by Gasteiger charge is -2.08. The molecule has 64 valence electrons. The SMILES string of the molecule is Cc1c(N)ccc2c1CC[C@@H]2N. The summed E-state index contributed by atoms with van der Waals surface area (Å²) in [5, 5.41) is 0. The number of fused-ring (bicyclic) bond motifs is 1. The highest BCUT2D eigenvalue weighted by atomic mass is 14.7. The third kappa shape index (κ3) is 0.916. The van der Waals surface area contributed by atoms with Gasteiger partial charge in [-0.25, -0.2) is 0 Å². The zero-order valence-electron chi connectivity index (χ0n) is 7.30. The third-order valence-corrected chi connectivity index (χ3v) is 2.78. The second-order valence-corrected chi connectivity index (χ2v) is 3.49. The van der Waals surface area contributed by atoms with Crippen LogP contribution < -0.4 is 11.5 Å². The van der Waals surface area contributed by atoms with Crippen LogP contribution in [0.1, 0.15) is 29.2 Å². The molecular weight excluding hydrogens is 148 g/mol. The Morgan fingerprint density at radius 2 is 2.17 bits per heavy atom. The molecule has 4 N–H and O–H groups in total. The van der Waals surface area contributed by atoms with Gasteiger partial charge in [-0.1, -0.05) is 6.07 Å². The van der Waals surface area contributed by atoms with E-state index >= 15 is 0 Å². The number of nitrogen functional groups attached to an aromatic ring is 1. The molecule has 0 aromatic heterocycles. The molecule has 1 aliphatic carbocycles. The van der Waals surface area contributed by atoms with E-state index in [0.717, 1.165) is 18.5 Å². The lowest BCUT2D eigenvalue weighted by Crippen LogP contribution is -2.05. The first-order valence-corrected chi connectivity index (χ1v) is 4.33. The van der Waals surface area contributed by atoms with Crippen molar-refractivity contribution in [1.29, 1.82) is 0 Å². The van der Waals surface area contributed by atoms with Gasteiger partial charge in [0.2, 0.25) is 0 Å². The molecule has 0 saturated carbocycles. The van der Waals surface area contributed by atoms with E-state index in [-0.39, 0.29) is 6.04 Å². The Bertz CT molecular complexity index is 318. The fourth-order valence-electron chi connectivity index (χ4n) is 1.93. The highest BCUT2D eigenvalue weighted by Gasteiger charge is 2.20. The van der Waals surface area contributed by atoms with Gasteiger partial charge in [-0.3, -0.25) is 0 Å². The summed E-state index contributed by atoms with van der Waals surface area (Å²) >= 11 is 0. The Labute approximate surface area is 72.6 Å². The Morgan fingerprint density at radius 1 is 1.42 bits per heavy atom. The van der Waals surface area contributed by atoms with Gasteiger partial charge in [0.1, 0.15) is 0 Å². The normalized spacial score (nSPS) is 21.0.